The van der Waals surface area contributed by atoms with Gasteiger partial charge in [-0.05, 0) is 37.5 Å². The Morgan fingerprint density at radius 3 is 2.67 bits per heavy atom. The molecule has 0 spiro atoms. The van der Waals surface area contributed by atoms with Crippen LogP contribution in [0.5, 0.6) is 0 Å². The van der Waals surface area contributed by atoms with Crippen LogP contribution < -0.4 is 4.90 Å². The van der Waals surface area contributed by atoms with Crippen molar-refractivity contribution >= 4 is 17.6 Å². The van der Waals surface area contributed by atoms with Crippen molar-refractivity contribution in [3.05, 3.63) is 52.7 Å². The molecular formula is C23H27FN4O2. The molecule has 2 aliphatic rings. The van der Waals surface area contributed by atoms with Crippen molar-refractivity contribution in [2.45, 2.75) is 52.5 Å². The second kappa shape index (κ2) is 8.13. The fraction of sp³-hybridized carbons (Fsp3) is 0.478. The van der Waals surface area contributed by atoms with Gasteiger partial charge in [0.25, 0.3) is 0 Å². The molecule has 0 radical (unpaired) electrons. The van der Waals surface area contributed by atoms with E-state index in [2.05, 4.69) is 0 Å². The number of aromatic nitrogens is 2. The number of likely N-dealkylation sites (tertiary alicyclic amines) is 1. The summed E-state index contributed by atoms with van der Waals surface area (Å²) < 4.78 is 13.2. The van der Waals surface area contributed by atoms with Crippen molar-refractivity contribution in [3.8, 4) is 0 Å². The molecule has 1 saturated heterocycles. The van der Waals surface area contributed by atoms with Gasteiger partial charge < -0.3 is 4.90 Å². The SMILES string of the molecule is Cc1nc([C@H]2CCCN(C(=O)C(C)C)C2)nc2c1CC(=O)N2Cc1ccc(F)cc1. The Morgan fingerprint density at radius 2 is 1.97 bits per heavy atom. The number of amides is 2. The predicted octanol–water partition coefficient (Wildman–Crippen LogP) is 3.38. The Morgan fingerprint density at radius 1 is 1.23 bits per heavy atom. The number of carbonyl (C=O) groups is 2. The Kier molecular flexibility index (Phi) is 5.54. The number of rotatable bonds is 4. The Bertz CT molecular complexity index is 974. The molecule has 1 atom stereocenters. The molecule has 2 amide bonds. The molecule has 30 heavy (non-hydrogen) atoms. The van der Waals surface area contributed by atoms with Crippen molar-refractivity contribution in [1.82, 2.24) is 14.9 Å². The molecule has 3 heterocycles. The first-order chi connectivity index (χ1) is 14.3. The zero-order valence-corrected chi connectivity index (χ0v) is 17.7. The molecule has 1 aromatic heterocycles. The summed E-state index contributed by atoms with van der Waals surface area (Å²) in [6.45, 7) is 7.48. The van der Waals surface area contributed by atoms with Crippen LogP contribution in [-0.2, 0) is 22.6 Å². The molecule has 6 nitrogen and oxygen atoms in total. The van der Waals surface area contributed by atoms with E-state index in [4.69, 9.17) is 9.97 Å². The summed E-state index contributed by atoms with van der Waals surface area (Å²) in [4.78, 5) is 38.2. The van der Waals surface area contributed by atoms with Gasteiger partial charge in [-0.15, -0.1) is 0 Å². The van der Waals surface area contributed by atoms with Gasteiger partial charge >= 0.3 is 0 Å². The van der Waals surface area contributed by atoms with Crippen LogP contribution in [0.3, 0.4) is 0 Å². The number of hydrogen-bond acceptors (Lipinski definition) is 4. The van der Waals surface area contributed by atoms with Crippen molar-refractivity contribution in [3.63, 3.8) is 0 Å². The number of hydrogen-bond donors (Lipinski definition) is 0. The number of nitrogens with zero attached hydrogens (tertiary/aromatic N) is 4. The van der Waals surface area contributed by atoms with Crippen LogP contribution >= 0.6 is 0 Å². The normalized spacial score (nSPS) is 18.8. The Hall–Kier alpha value is -2.83. The molecule has 0 N–H and O–H groups in total. The Labute approximate surface area is 176 Å². The summed E-state index contributed by atoms with van der Waals surface area (Å²) >= 11 is 0. The van der Waals surface area contributed by atoms with E-state index in [1.807, 2.05) is 25.7 Å². The fourth-order valence-electron chi connectivity index (χ4n) is 4.27. The van der Waals surface area contributed by atoms with E-state index in [0.29, 0.717) is 24.7 Å². The van der Waals surface area contributed by atoms with Gasteiger partial charge in [-0.2, -0.15) is 0 Å². The molecule has 158 valence electrons. The predicted molar refractivity (Wildman–Crippen MR) is 111 cm³/mol. The minimum Gasteiger partial charge on any atom is -0.342 e. The van der Waals surface area contributed by atoms with Gasteiger partial charge in [0.05, 0.1) is 13.0 Å². The highest BCUT2D eigenvalue weighted by Crippen LogP contribution is 2.33. The number of carbonyl (C=O) groups excluding carboxylic acids is 2. The number of benzene rings is 1. The largest absolute Gasteiger partial charge is 0.342 e. The van der Waals surface area contributed by atoms with Crippen molar-refractivity contribution < 1.29 is 14.0 Å². The van der Waals surface area contributed by atoms with E-state index in [1.54, 1.807) is 17.0 Å². The molecule has 2 aromatic rings. The lowest BCUT2D eigenvalue weighted by atomic mass is 9.95. The maximum atomic E-state index is 13.2. The van der Waals surface area contributed by atoms with Crippen molar-refractivity contribution in [2.24, 2.45) is 5.92 Å². The van der Waals surface area contributed by atoms with E-state index >= 15 is 0 Å². The summed E-state index contributed by atoms with van der Waals surface area (Å²) in [6, 6.07) is 6.17. The number of piperidine rings is 1. The molecule has 1 fully saturated rings. The van der Waals surface area contributed by atoms with Gasteiger partial charge in [-0.25, -0.2) is 14.4 Å². The van der Waals surface area contributed by atoms with Crippen LogP contribution in [0.2, 0.25) is 0 Å². The van der Waals surface area contributed by atoms with E-state index in [-0.39, 0.29) is 35.9 Å². The number of fused-ring (bicyclic) bond motifs is 1. The minimum absolute atomic E-state index is 0.0240. The fourth-order valence-corrected chi connectivity index (χ4v) is 4.27. The third-order valence-electron chi connectivity index (χ3n) is 5.94. The van der Waals surface area contributed by atoms with E-state index in [1.165, 1.54) is 12.1 Å². The van der Waals surface area contributed by atoms with E-state index in [9.17, 15) is 14.0 Å². The maximum absolute atomic E-state index is 13.2. The zero-order chi connectivity index (χ0) is 21.4. The summed E-state index contributed by atoms with van der Waals surface area (Å²) in [5, 5.41) is 0. The number of halogens is 1. The standard InChI is InChI=1S/C23H27FN4O2/c1-14(2)23(30)27-10-4-5-17(13-27)21-25-15(3)19-11-20(29)28(22(19)26-21)12-16-6-8-18(24)9-7-16/h6-9,14,17H,4-5,10-13H2,1-3H3/t17-/m0/s1. The van der Waals surface area contributed by atoms with Crippen LogP contribution in [-0.4, -0.2) is 39.8 Å². The lowest BCUT2D eigenvalue weighted by Gasteiger charge is -2.33. The zero-order valence-electron chi connectivity index (χ0n) is 17.7. The monoisotopic (exact) mass is 410 g/mol. The number of anilines is 1. The van der Waals surface area contributed by atoms with Crippen LogP contribution in [0.25, 0.3) is 0 Å². The number of aryl methyl sites for hydroxylation is 1. The topological polar surface area (TPSA) is 66.4 Å². The van der Waals surface area contributed by atoms with Gasteiger partial charge in [-0.1, -0.05) is 26.0 Å². The second-order valence-corrected chi connectivity index (χ2v) is 8.53. The van der Waals surface area contributed by atoms with Crippen molar-refractivity contribution in [1.29, 1.82) is 0 Å². The lowest BCUT2D eigenvalue weighted by Crippen LogP contribution is -2.41. The quantitative estimate of drug-likeness (QED) is 0.775. The third-order valence-corrected chi connectivity index (χ3v) is 5.94. The molecule has 0 bridgehead atoms. The summed E-state index contributed by atoms with van der Waals surface area (Å²) in [5.74, 6) is 1.22. The minimum atomic E-state index is -0.301. The van der Waals surface area contributed by atoms with Gasteiger partial charge in [0.2, 0.25) is 11.8 Å². The highest BCUT2D eigenvalue weighted by molar-refractivity contribution is 6.00. The first-order valence-electron chi connectivity index (χ1n) is 10.5. The average Bonchev–Trinajstić information content (AvgIpc) is 3.05. The molecule has 0 saturated carbocycles. The van der Waals surface area contributed by atoms with Crippen LogP contribution in [0.1, 0.15) is 55.3 Å². The molecule has 7 heteroatoms. The highest BCUT2D eigenvalue weighted by atomic mass is 19.1. The van der Waals surface area contributed by atoms with Gasteiger partial charge in [-0.3, -0.25) is 14.5 Å². The maximum Gasteiger partial charge on any atom is 0.233 e. The molecule has 4 rings (SSSR count). The molecular weight excluding hydrogens is 383 g/mol. The summed E-state index contributed by atoms with van der Waals surface area (Å²) in [5.41, 5.74) is 2.52. The van der Waals surface area contributed by atoms with Crippen LogP contribution in [0.4, 0.5) is 10.2 Å². The highest BCUT2D eigenvalue weighted by Gasteiger charge is 2.34. The summed E-state index contributed by atoms with van der Waals surface area (Å²) in [6.07, 6.45) is 2.12. The van der Waals surface area contributed by atoms with Gasteiger partial charge in [0.1, 0.15) is 17.5 Å². The molecule has 2 aliphatic heterocycles. The van der Waals surface area contributed by atoms with Gasteiger partial charge in [0.15, 0.2) is 0 Å². The second-order valence-electron chi connectivity index (χ2n) is 8.53. The lowest BCUT2D eigenvalue weighted by molar-refractivity contribution is -0.135. The molecule has 1 aromatic carbocycles. The van der Waals surface area contributed by atoms with E-state index < -0.39 is 0 Å². The van der Waals surface area contributed by atoms with Crippen molar-refractivity contribution in [2.75, 3.05) is 18.0 Å². The third kappa shape index (κ3) is 3.93. The van der Waals surface area contributed by atoms with Crippen LogP contribution in [0.15, 0.2) is 24.3 Å². The Balaban J connectivity index is 1.61. The van der Waals surface area contributed by atoms with Gasteiger partial charge in [0, 0.05) is 36.2 Å². The first kappa shape index (κ1) is 20.4. The van der Waals surface area contributed by atoms with Crippen LogP contribution in [0, 0.1) is 18.7 Å². The average molecular weight is 410 g/mol. The molecule has 0 unspecified atom stereocenters. The van der Waals surface area contributed by atoms with E-state index in [0.717, 1.165) is 36.2 Å². The molecule has 0 aliphatic carbocycles. The smallest absolute Gasteiger partial charge is 0.233 e. The summed E-state index contributed by atoms with van der Waals surface area (Å²) in [7, 11) is 0. The first-order valence-corrected chi connectivity index (χ1v) is 10.5.